The average Bonchev–Trinajstić information content (AvgIpc) is 2.40. The van der Waals surface area contributed by atoms with Gasteiger partial charge in [-0.15, -0.1) is 0 Å². The molecule has 1 saturated heterocycles. The van der Waals surface area contributed by atoms with Crippen LogP contribution in [0.2, 0.25) is 0 Å². The fourth-order valence-corrected chi connectivity index (χ4v) is 2.92. The van der Waals surface area contributed by atoms with Crippen LogP contribution in [0.1, 0.15) is 37.8 Å². The molecule has 3 nitrogen and oxygen atoms in total. The van der Waals surface area contributed by atoms with Crippen molar-refractivity contribution >= 4 is 21.8 Å². The summed E-state index contributed by atoms with van der Waals surface area (Å²) in [5.74, 6) is 0.109. The Kier molecular flexibility index (Phi) is 4.78. The number of rotatable bonds is 3. The Morgan fingerprint density at radius 1 is 1.44 bits per heavy atom. The van der Waals surface area contributed by atoms with Gasteiger partial charge in [0.25, 0.3) is 0 Å². The molecule has 98 valence electrons. The second-order valence-electron chi connectivity index (χ2n) is 4.75. The summed E-state index contributed by atoms with van der Waals surface area (Å²) in [4.78, 5) is 12.1. The van der Waals surface area contributed by atoms with E-state index >= 15 is 0 Å². The molecule has 18 heavy (non-hydrogen) atoms. The van der Waals surface area contributed by atoms with Gasteiger partial charge in [-0.25, -0.2) is 0 Å². The number of piperidine rings is 1. The topological polar surface area (TPSA) is 41.1 Å². The summed E-state index contributed by atoms with van der Waals surface area (Å²) in [5.41, 5.74) is 1.11. The SMILES string of the molecule is C[C@H](NC(=O)C1CCCCN1)c1ccccc1Br. The van der Waals surface area contributed by atoms with E-state index in [1.807, 2.05) is 31.2 Å². The van der Waals surface area contributed by atoms with Gasteiger partial charge in [0.1, 0.15) is 0 Å². The van der Waals surface area contributed by atoms with E-state index in [9.17, 15) is 4.79 Å². The second-order valence-corrected chi connectivity index (χ2v) is 5.61. The Morgan fingerprint density at radius 3 is 2.89 bits per heavy atom. The van der Waals surface area contributed by atoms with E-state index in [0.717, 1.165) is 29.4 Å². The van der Waals surface area contributed by atoms with Gasteiger partial charge in [0.15, 0.2) is 0 Å². The van der Waals surface area contributed by atoms with Crippen molar-refractivity contribution in [2.45, 2.75) is 38.3 Å². The first-order valence-corrected chi connectivity index (χ1v) is 7.26. The molecule has 0 aromatic heterocycles. The van der Waals surface area contributed by atoms with Crippen molar-refractivity contribution in [3.05, 3.63) is 34.3 Å². The molecule has 0 spiro atoms. The minimum atomic E-state index is -0.0244. The summed E-state index contributed by atoms with van der Waals surface area (Å²) >= 11 is 3.52. The van der Waals surface area contributed by atoms with Crippen LogP contribution in [0.25, 0.3) is 0 Å². The zero-order valence-corrected chi connectivity index (χ0v) is 12.2. The second kappa shape index (κ2) is 6.34. The Balaban J connectivity index is 1.96. The summed E-state index contributed by atoms with van der Waals surface area (Å²) in [6.45, 7) is 2.96. The van der Waals surface area contributed by atoms with Gasteiger partial charge in [-0.05, 0) is 37.9 Å². The first kappa shape index (κ1) is 13.6. The molecule has 0 aliphatic carbocycles. The number of hydrogen-bond acceptors (Lipinski definition) is 2. The van der Waals surface area contributed by atoms with Crippen molar-refractivity contribution in [3.63, 3.8) is 0 Å². The molecule has 0 saturated carbocycles. The number of nitrogens with one attached hydrogen (secondary N) is 2. The van der Waals surface area contributed by atoms with E-state index in [1.54, 1.807) is 0 Å². The average molecular weight is 311 g/mol. The monoisotopic (exact) mass is 310 g/mol. The Hall–Kier alpha value is -0.870. The summed E-state index contributed by atoms with van der Waals surface area (Å²) in [5, 5.41) is 6.34. The van der Waals surface area contributed by atoms with Crippen molar-refractivity contribution in [2.24, 2.45) is 0 Å². The highest BCUT2D eigenvalue weighted by molar-refractivity contribution is 9.10. The minimum Gasteiger partial charge on any atom is -0.348 e. The lowest BCUT2D eigenvalue weighted by molar-refractivity contribution is -0.124. The molecule has 2 N–H and O–H groups in total. The fraction of sp³-hybridized carbons (Fsp3) is 0.500. The Labute approximate surface area is 116 Å². The molecular formula is C14H19BrN2O. The standard InChI is InChI=1S/C14H19BrN2O/c1-10(11-6-2-3-7-12(11)15)17-14(18)13-8-4-5-9-16-13/h2-3,6-7,10,13,16H,4-5,8-9H2,1H3,(H,17,18)/t10-,13?/m0/s1. The maximum Gasteiger partial charge on any atom is 0.237 e. The largest absolute Gasteiger partial charge is 0.348 e. The van der Waals surface area contributed by atoms with Gasteiger partial charge >= 0.3 is 0 Å². The summed E-state index contributed by atoms with van der Waals surface area (Å²) in [6, 6.07) is 7.99. The maximum atomic E-state index is 12.1. The summed E-state index contributed by atoms with van der Waals surface area (Å²) in [7, 11) is 0. The zero-order valence-electron chi connectivity index (χ0n) is 10.6. The van der Waals surface area contributed by atoms with Gasteiger partial charge in [0.2, 0.25) is 5.91 Å². The van der Waals surface area contributed by atoms with E-state index in [0.29, 0.717) is 0 Å². The minimum absolute atomic E-state index is 0.0244. The number of benzene rings is 1. The molecule has 1 aromatic rings. The summed E-state index contributed by atoms with van der Waals surface area (Å²) < 4.78 is 1.04. The maximum absolute atomic E-state index is 12.1. The first-order valence-electron chi connectivity index (χ1n) is 6.46. The van der Waals surface area contributed by atoms with E-state index < -0.39 is 0 Å². The van der Waals surface area contributed by atoms with E-state index in [2.05, 4.69) is 26.6 Å². The molecule has 1 unspecified atom stereocenters. The number of hydrogen-bond donors (Lipinski definition) is 2. The lowest BCUT2D eigenvalue weighted by atomic mass is 10.0. The molecule has 0 bridgehead atoms. The number of amides is 1. The zero-order chi connectivity index (χ0) is 13.0. The van der Waals surface area contributed by atoms with Gasteiger partial charge in [-0.3, -0.25) is 4.79 Å². The fourth-order valence-electron chi connectivity index (χ4n) is 2.29. The van der Waals surface area contributed by atoms with Crippen molar-refractivity contribution in [1.82, 2.24) is 10.6 Å². The van der Waals surface area contributed by atoms with Crippen LogP contribution in [0.5, 0.6) is 0 Å². The van der Waals surface area contributed by atoms with Gasteiger partial charge in [-0.1, -0.05) is 40.5 Å². The Morgan fingerprint density at radius 2 is 2.22 bits per heavy atom. The predicted octanol–water partition coefficient (Wildman–Crippen LogP) is 2.77. The highest BCUT2D eigenvalue weighted by Gasteiger charge is 2.22. The smallest absolute Gasteiger partial charge is 0.237 e. The Bertz CT molecular complexity index is 416. The molecule has 2 rings (SSSR count). The normalized spacial score (nSPS) is 21.3. The summed E-state index contributed by atoms with van der Waals surface area (Å²) in [6.07, 6.45) is 3.24. The van der Waals surface area contributed by atoms with Gasteiger partial charge in [-0.2, -0.15) is 0 Å². The quantitative estimate of drug-likeness (QED) is 0.901. The number of carbonyl (C=O) groups is 1. The van der Waals surface area contributed by atoms with Crippen molar-refractivity contribution < 1.29 is 4.79 Å². The highest BCUT2D eigenvalue weighted by atomic mass is 79.9. The van der Waals surface area contributed by atoms with Crippen LogP contribution in [0.3, 0.4) is 0 Å². The molecule has 1 amide bonds. The van der Waals surface area contributed by atoms with Gasteiger partial charge in [0.05, 0.1) is 12.1 Å². The lowest BCUT2D eigenvalue weighted by Gasteiger charge is -2.25. The third-order valence-corrected chi connectivity index (χ3v) is 4.08. The highest BCUT2D eigenvalue weighted by Crippen LogP contribution is 2.23. The molecule has 1 aliphatic rings. The van der Waals surface area contributed by atoms with Crippen LogP contribution < -0.4 is 10.6 Å². The van der Waals surface area contributed by atoms with Crippen LogP contribution in [0, 0.1) is 0 Å². The first-order chi connectivity index (χ1) is 8.68. The molecule has 0 radical (unpaired) electrons. The van der Waals surface area contributed by atoms with Gasteiger partial charge in [0, 0.05) is 4.47 Å². The van der Waals surface area contributed by atoms with Crippen molar-refractivity contribution in [1.29, 1.82) is 0 Å². The van der Waals surface area contributed by atoms with E-state index in [4.69, 9.17) is 0 Å². The van der Waals surface area contributed by atoms with Crippen molar-refractivity contribution in [2.75, 3.05) is 6.54 Å². The molecular weight excluding hydrogens is 292 g/mol. The van der Waals surface area contributed by atoms with Crippen LogP contribution >= 0.6 is 15.9 Å². The molecule has 1 aromatic carbocycles. The van der Waals surface area contributed by atoms with Gasteiger partial charge < -0.3 is 10.6 Å². The molecule has 1 fully saturated rings. The predicted molar refractivity (Wildman–Crippen MR) is 76.3 cm³/mol. The number of halogens is 1. The molecule has 2 atom stereocenters. The van der Waals surface area contributed by atoms with Crippen LogP contribution in [-0.2, 0) is 4.79 Å². The molecule has 1 heterocycles. The van der Waals surface area contributed by atoms with E-state index in [1.165, 1.54) is 6.42 Å². The van der Waals surface area contributed by atoms with E-state index in [-0.39, 0.29) is 18.0 Å². The molecule has 4 heteroatoms. The van der Waals surface area contributed by atoms with Crippen LogP contribution in [0.15, 0.2) is 28.7 Å². The molecule has 1 aliphatic heterocycles. The van der Waals surface area contributed by atoms with Crippen LogP contribution in [-0.4, -0.2) is 18.5 Å². The third kappa shape index (κ3) is 3.33. The number of carbonyl (C=O) groups excluding carboxylic acids is 1. The lowest BCUT2D eigenvalue weighted by Crippen LogP contribution is -2.47. The third-order valence-electron chi connectivity index (χ3n) is 3.36. The van der Waals surface area contributed by atoms with Crippen molar-refractivity contribution in [3.8, 4) is 0 Å². The van der Waals surface area contributed by atoms with Crippen LogP contribution in [0.4, 0.5) is 0 Å².